The van der Waals surface area contributed by atoms with Crippen molar-refractivity contribution in [2.75, 3.05) is 31.1 Å². The van der Waals surface area contributed by atoms with E-state index in [1.54, 1.807) is 30.5 Å². The molecule has 108 valence electrons. The number of carbonyl (C=O) groups is 1. The van der Waals surface area contributed by atoms with Gasteiger partial charge < -0.3 is 9.80 Å². The van der Waals surface area contributed by atoms with Gasteiger partial charge in [0.15, 0.2) is 5.82 Å². The summed E-state index contributed by atoms with van der Waals surface area (Å²) in [6, 6.07) is 10.8. The van der Waals surface area contributed by atoms with E-state index >= 15 is 0 Å². The van der Waals surface area contributed by atoms with Crippen LogP contribution >= 0.6 is 11.6 Å². The van der Waals surface area contributed by atoms with E-state index in [4.69, 9.17) is 11.6 Å². The number of benzene rings is 1. The van der Waals surface area contributed by atoms with Crippen molar-refractivity contribution in [3.63, 3.8) is 0 Å². The third-order valence-electron chi connectivity index (χ3n) is 3.54. The Morgan fingerprint density at radius 1 is 1.05 bits per heavy atom. The highest BCUT2D eigenvalue weighted by molar-refractivity contribution is 6.30. The number of carbonyl (C=O) groups excluding carboxylic acids is 1. The number of rotatable bonds is 2. The van der Waals surface area contributed by atoms with Gasteiger partial charge in [0.2, 0.25) is 0 Å². The first-order chi connectivity index (χ1) is 10.2. The first-order valence-electron chi connectivity index (χ1n) is 6.81. The van der Waals surface area contributed by atoms with Gasteiger partial charge in [0, 0.05) is 43.0 Å². The maximum absolute atomic E-state index is 12.4. The fourth-order valence-electron chi connectivity index (χ4n) is 2.38. The number of hydrogen-bond acceptors (Lipinski definition) is 4. The Balaban J connectivity index is 1.63. The molecule has 1 saturated heterocycles. The van der Waals surface area contributed by atoms with Crippen LogP contribution in [0.25, 0.3) is 0 Å². The van der Waals surface area contributed by atoms with Crippen LogP contribution in [-0.2, 0) is 0 Å². The summed E-state index contributed by atoms with van der Waals surface area (Å²) < 4.78 is 0. The van der Waals surface area contributed by atoms with Crippen LogP contribution in [0.1, 0.15) is 10.4 Å². The van der Waals surface area contributed by atoms with E-state index in [-0.39, 0.29) is 5.91 Å². The second kappa shape index (κ2) is 6.10. The molecule has 5 nitrogen and oxygen atoms in total. The summed E-state index contributed by atoms with van der Waals surface area (Å²) in [4.78, 5) is 16.4. The van der Waals surface area contributed by atoms with E-state index in [1.807, 2.05) is 17.0 Å². The van der Waals surface area contributed by atoms with Crippen LogP contribution in [0.5, 0.6) is 0 Å². The smallest absolute Gasteiger partial charge is 0.253 e. The Labute approximate surface area is 128 Å². The van der Waals surface area contributed by atoms with E-state index in [0.717, 1.165) is 18.9 Å². The fourth-order valence-corrected chi connectivity index (χ4v) is 2.50. The van der Waals surface area contributed by atoms with E-state index in [0.29, 0.717) is 23.7 Å². The van der Waals surface area contributed by atoms with Gasteiger partial charge in [-0.15, -0.1) is 5.10 Å². The molecule has 1 aromatic heterocycles. The van der Waals surface area contributed by atoms with Crippen LogP contribution in [-0.4, -0.2) is 47.2 Å². The zero-order valence-electron chi connectivity index (χ0n) is 11.4. The van der Waals surface area contributed by atoms with Crippen molar-refractivity contribution in [2.45, 2.75) is 0 Å². The minimum absolute atomic E-state index is 0.0467. The van der Waals surface area contributed by atoms with Crippen molar-refractivity contribution in [1.29, 1.82) is 0 Å². The van der Waals surface area contributed by atoms with Crippen LogP contribution in [0.3, 0.4) is 0 Å². The number of aromatic nitrogens is 2. The van der Waals surface area contributed by atoms with Gasteiger partial charge in [-0.1, -0.05) is 11.6 Å². The van der Waals surface area contributed by atoms with E-state index < -0.39 is 0 Å². The Hall–Kier alpha value is -2.14. The zero-order valence-corrected chi connectivity index (χ0v) is 12.2. The van der Waals surface area contributed by atoms with Gasteiger partial charge in [-0.2, -0.15) is 5.10 Å². The Kier molecular flexibility index (Phi) is 4.01. The lowest BCUT2D eigenvalue weighted by atomic mass is 10.2. The molecule has 2 heterocycles. The Morgan fingerprint density at radius 2 is 1.76 bits per heavy atom. The van der Waals surface area contributed by atoms with Gasteiger partial charge >= 0.3 is 0 Å². The van der Waals surface area contributed by atoms with E-state index in [9.17, 15) is 4.79 Å². The average molecular weight is 303 g/mol. The molecule has 1 fully saturated rings. The lowest BCUT2D eigenvalue weighted by Gasteiger charge is -2.35. The molecule has 0 N–H and O–H groups in total. The highest BCUT2D eigenvalue weighted by atomic mass is 35.5. The van der Waals surface area contributed by atoms with Crippen LogP contribution in [0.15, 0.2) is 42.6 Å². The maximum Gasteiger partial charge on any atom is 0.253 e. The number of hydrogen-bond donors (Lipinski definition) is 0. The molecule has 2 aromatic rings. The molecular weight excluding hydrogens is 288 g/mol. The quantitative estimate of drug-likeness (QED) is 0.852. The second-order valence-corrected chi connectivity index (χ2v) is 5.30. The first kappa shape index (κ1) is 13.8. The Morgan fingerprint density at radius 3 is 2.38 bits per heavy atom. The number of amides is 1. The molecule has 21 heavy (non-hydrogen) atoms. The number of piperazine rings is 1. The first-order valence-corrected chi connectivity index (χ1v) is 7.19. The summed E-state index contributed by atoms with van der Waals surface area (Å²) in [7, 11) is 0. The molecule has 1 amide bonds. The molecule has 1 aromatic carbocycles. The fraction of sp³-hybridized carbons (Fsp3) is 0.267. The predicted octanol–water partition coefficient (Wildman–Crippen LogP) is 2.09. The number of halogens is 1. The van der Waals surface area contributed by atoms with Crippen LogP contribution in [0.2, 0.25) is 5.02 Å². The molecule has 1 aliphatic heterocycles. The topological polar surface area (TPSA) is 49.3 Å². The van der Waals surface area contributed by atoms with E-state index in [2.05, 4.69) is 15.1 Å². The third kappa shape index (κ3) is 3.13. The van der Waals surface area contributed by atoms with Crippen LogP contribution in [0.4, 0.5) is 5.82 Å². The molecule has 0 aliphatic carbocycles. The van der Waals surface area contributed by atoms with Crippen molar-refractivity contribution in [2.24, 2.45) is 0 Å². The molecule has 1 aliphatic rings. The van der Waals surface area contributed by atoms with Gasteiger partial charge in [-0.25, -0.2) is 0 Å². The SMILES string of the molecule is O=C(c1ccc(Cl)cc1)N1CCN(c2cccnn2)CC1. The highest BCUT2D eigenvalue weighted by Crippen LogP contribution is 2.15. The second-order valence-electron chi connectivity index (χ2n) is 4.87. The number of anilines is 1. The lowest BCUT2D eigenvalue weighted by Crippen LogP contribution is -2.49. The van der Waals surface area contributed by atoms with Crippen molar-refractivity contribution < 1.29 is 4.79 Å². The molecule has 0 atom stereocenters. The lowest BCUT2D eigenvalue weighted by molar-refractivity contribution is 0.0746. The maximum atomic E-state index is 12.4. The van der Waals surface area contributed by atoms with Gasteiger partial charge in [-0.05, 0) is 36.4 Å². The molecule has 0 radical (unpaired) electrons. The minimum Gasteiger partial charge on any atom is -0.352 e. The standard InChI is InChI=1S/C15H15ClN4O/c16-13-5-3-12(4-6-13)15(21)20-10-8-19(9-11-20)14-2-1-7-17-18-14/h1-7H,8-11H2. The van der Waals surface area contributed by atoms with Gasteiger partial charge in [0.1, 0.15) is 0 Å². The molecule has 0 saturated carbocycles. The molecule has 0 unspecified atom stereocenters. The van der Waals surface area contributed by atoms with Gasteiger partial charge in [-0.3, -0.25) is 4.79 Å². The monoisotopic (exact) mass is 302 g/mol. The average Bonchev–Trinajstić information content (AvgIpc) is 2.56. The molecular formula is C15H15ClN4O. The van der Waals surface area contributed by atoms with Crippen molar-refractivity contribution in [3.05, 3.63) is 53.2 Å². The highest BCUT2D eigenvalue weighted by Gasteiger charge is 2.22. The van der Waals surface area contributed by atoms with Gasteiger partial charge in [0.25, 0.3) is 5.91 Å². The Bertz CT molecular complexity index is 609. The number of nitrogens with zero attached hydrogens (tertiary/aromatic N) is 4. The summed E-state index contributed by atoms with van der Waals surface area (Å²) in [5.41, 5.74) is 0.673. The third-order valence-corrected chi connectivity index (χ3v) is 3.79. The zero-order chi connectivity index (χ0) is 14.7. The molecule has 0 spiro atoms. The van der Waals surface area contributed by atoms with Crippen molar-refractivity contribution in [3.8, 4) is 0 Å². The largest absolute Gasteiger partial charge is 0.352 e. The molecule has 0 bridgehead atoms. The summed E-state index contributed by atoms with van der Waals surface area (Å²) in [6.07, 6.45) is 1.66. The van der Waals surface area contributed by atoms with Crippen molar-refractivity contribution >= 4 is 23.3 Å². The molecule has 6 heteroatoms. The normalized spacial score (nSPS) is 15.1. The summed E-state index contributed by atoms with van der Waals surface area (Å²) in [5, 5.41) is 8.62. The summed E-state index contributed by atoms with van der Waals surface area (Å²) >= 11 is 5.84. The predicted molar refractivity (Wildman–Crippen MR) is 81.6 cm³/mol. The van der Waals surface area contributed by atoms with E-state index in [1.165, 1.54) is 0 Å². The van der Waals surface area contributed by atoms with Gasteiger partial charge in [0.05, 0.1) is 0 Å². The van der Waals surface area contributed by atoms with Crippen molar-refractivity contribution in [1.82, 2.24) is 15.1 Å². The summed E-state index contributed by atoms with van der Waals surface area (Å²) in [5.74, 6) is 0.904. The summed E-state index contributed by atoms with van der Waals surface area (Å²) in [6.45, 7) is 2.88. The minimum atomic E-state index is 0.0467. The van der Waals surface area contributed by atoms with Crippen LogP contribution in [0, 0.1) is 0 Å². The van der Waals surface area contributed by atoms with Crippen LogP contribution < -0.4 is 4.90 Å². The molecule has 3 rings (SSSR count).